The van der Waals surface area contributed by atoms with E-state index in [1.54, 1.807) is 0 Å². The van der Waals surface area contributed by atoms with Crippen molar-refractivity contribution in [1.82, 2.24) is 4.90 Å². The first-order valence-corrected chi connectivity index (χ1v) is 9.01. The second-order valence-corrected chi connectivity index (χ2v) is 7.91. The van der Waals surface area contributed by atoms with Crippen LogP contribution in [0.25, 0.3) is 0 Å². The van der Waals surface area contributed by atoms with Crippen LogP contribution in [0.5, 0.6) is 0 Å². The molecule has 0 unspecified atom stereocenters. The molecule has 0 aromatic heterocycles. The van der Waals surface area contributed by atoms with Gasteiger partial charge < -0.3 is 15.4 Å². The Kier molecular flexibility index (Phi) is 5.23. The Morgan fingerprint density at radius 3 is 2.81 bits per heavy atom. The summed E-state index contributed by atoms with van der Waals surface area (Å²) in [4.78, 5) is 27.5. The van der Waals surface area contributed by atoms with Gasteiger partial charge in [-0.1, -0.05) is 11.6 Å². The summed E-state index contributed by atoms with van der Waals surface area (Å²) >= 11 is 6.17. The van der Waals surface area contributed by atoms with Crippen LogP contribution in [0.1, 0.15) is 26.7 Å². The number of amides is 1. The van der Waals surface area contributed by atoms with Gasteiger partial charge in [-0.15, -0.1) is 0 Å². The zero-order valence-electron chi connectivity index (χ0n) is 14.9. The number of hydrogen-bond acceptors (Lipinski definition) is 5. The molecule has 1 aromatic rings. The summed E-state index contributed by atoms with van der Waals surface area (Å²) in [5.41, 5.74) is 6.19. The smallest absolute Gasteiger partial charge is 0.306 e. The Labute approximate surface area is 157 Å². The molecule has 2 N–H and O–H groups in total. The fourth-order valence-corrected chi connectivity index (χ4v) is 3.70. The van der Waals surface area contributed by atoms with Crippen LogP contribution in [-0.2, 0) is 14.3 Å². The van der Waals surface area contributed by atoms with Crippen LogP contribution in [0.15, 0.2) is 18.2 Å². The highest BCUT2D eigenvalue weighted by atomic mass is 35.5. The van der Waals surface area contributed by atoms with Crippen molar-refractivity contribution >= 4 is 29.2 Å². The van der Waals surface area contributed by atoms with Gasteiger partial charge in [0.1, 0.15) is 11.9 Å². The predicted molar refractivity (Wildman–Crippen MR) is 96.5 cm³/mol. The molecule has 2 fully saturated rings. The Morgan fingerprint density at radius 2 is 2.15 bits per heavy atom. The largest absolute Gasteiger partial charge is 0.461 e. The van der Waals surface area contributed by atoms with E-state index in [2.05, 4.69) is 0 Å². The van der Waals surface area contributed by atoms with Crippen molar-refractivity contribution in [2.75, 3.05) is 24.5 Å². The Morgan fingerprint density at radius 1 is 1.42 bits per heavy atom. The van der Waals surface area contributed by atoms with E-state index < -0.39 is 11.4 Å². The average Bonchev–Trinajstić information content (AvgIpc) is 3.00. The monoisotopic (exact) mass is 383 g/mol. The van der Waals surface area contributed by atoms with Gasteiger partial charge in [0.15, 0.2) is 0 Å². The quantitative estimate of drug-likeness (QED) is 0.804. The lowest BCUT2D eigenvalue weighted by molar-refractivity contribution is -0.142. The minimum absolute atomic E-state index is 0.133. The van der Waals surface area contributed by atoms with Crippen LogP contribution in [0.4, 0.5) is 10.1 Å². The summed E-state index contributed by atoms with van der Waals surface area (Å²) in [6.45, 7) is 4.90. The topological polar surface area (TPSA) is 75.9 Å². The van der Waals surface area contributed by atoms with Gasteiger partial charge in [0, 0.05) is 25.0 Å². The van der Waals surface area contributed by atoms with Gasteiger partial charge in [0.05, 0.1) is 23.3 Å². The molecular formula is C18H23ClFN3O3. The molecule has 3 rings (SSSR count). The molecule has 0 saturated carbocycles. The Bertz CT molecular complexity index is 728. The molecule has 6 nitrogen and oxygen atoms in total. The summed E-state index contributed by atoms with van der Waals surface area (Å²) in [6, 6.07) is 3.62. The van der Waals surface area contributed by atoms with E-state index in [1.807, 2.05) is 18.7 Å². The highest BCUT2D eigenvalue weighted by Gasteiger charge is 2.41. The normalized spacial score (nSPS) is 24.7. The lowest BCUT2D eigenvalue weighted by Gasteiger charge is -2.47. The van der Waals surface area contributed by atoms with E-state index in [1.165, 1.54) is 23.1 Å². The zero-order chi connectivity index (χ0) is 19.1. The molecule has 1 aromatic carbocycles. The highest BCUT2D eigenvalue weighted by Crippen LogP contribution is 2.32. The summed E-state index contributed by atoms with van der Waals surface area (Å²) in [5, 5.41) is 0.332. The molecule has 26 heavy (non-hydrogen) atoms. The molecule has 0 spiro atoms. The van der Waals surface area contributed by atoms with Crippen molar-refractivity contribution in [3.05, 3.63) is 29.0 Å². The molecule has 2 aliphatic heterocycles. The van der Waals surface area contributed by atoms with Gasteiger partial charge in [-0.3, -0.25) is 14.5 Å². The molecule has 2 atom stereocenters. The van der Waals surface area contributed by atoms with E-state index in [4.69, 9.17) is 22.1 Å². The number of anilines is 1. The summed E-state index contributed by atoms with van der Waals surface area (Å²) < 4.78 is 18.8. The molecule has 2 heterocycles. The van der Waals surface area contributed by atoms with E-state index in [9.17, 15) is 14.0 Å². The van der Waals surface area contributed by atoms with Crippen LogP contribution < -0.4 is 10.6 Å². The molecule has 8 heteroatoms. The fourth-order valence-electron chi connectivity index (χ4n) is 3.48. The third-order valence-corrected chi connectivity index (χ3v) is 5.37. The number of hydrogen-bond donors (Lipinski definition) is 1. The predicted octanol–water partition coefficient (Wildman–Crippen LogP) is 1.94. The number of halogens is 2. The van der Waals surface area contributed by atoms with Gasteiger partial charge in [-0.2, -0.15) is 0 Å². The molecule has 2 saturated heterocycles. The zero-order valence-corrected chi connectivity index (χ0v) is 15.6. The average molecular weight is 384 g/mol. The summed E-state index contributed by atoms with van der Waals surface area (Å²) in [7, 11) is 0. The van der Waals surface area contributed by atoms with Gasteiger partial charge >= 0.3 is 5.97 Å². The number of esters is 1. The number of carbonyl (C=O) groups is 2. The Hall–Kier alpha value is -1.70. The van der Waals surface area contributed by atoms with E-state index in [-0.39, 0.29) is 30.6 Å². The van der Waals surface area contributed by atoms with Gasteiger partial charge in [0.2, 0.25) is 5.91 Å². The minimum atomic E-state index is -0.442. The van der Waals surface area contributed by atoms with E-state index in [0.29, 0.717) is 36.6 Å². The second kappa shape index (κ2) is 7.13. The van der Waals surface area contributed by atoms with Gasteiger partial charge in [-0.25, -0.2) is 4.39 Å². The number of cyclic esters (lactones) is 1. The van der Waals surface area contributed by atoms with Gasteiger partial charge in [0.25, 0.3) is 0 Å². The molecule has 0 aliphatic carbocycles. The maximum absolute atomic E-state index is 13.6. The number of rotatable bonds is 4. The lowest BCUT2D eigenvalue weighted by atomic mass is 9.96. The van der Waals surface area contributed by atoms with Crippen molar-refractivity contribution < 1.29 is 18.7 Å². The number of carbonyl (C=O) groups excluding carboxylic acids is 2. The summed E-state index contributed by atoms with van der Waals surface area (Å²) in [6.07, 6.45) is 0.670. The number of piperazine rings is 1. The van der Waals surface area contributed by atoms with Crippen molar-refractivity contribution in [2.45, 2.75) is 44.4 Å². The standard InChI is InChI=1S/C18H23ClFN3O3/c1-18(2)10-23(14-7-11(20)3-4-12(14)19)16(24)9-22(18)8-13(21)15-5-6-17(25)26-15/h3-4,7,13,15H,5-6,8-10,21H2,1-2H3/t13-,15-/m0/s1. The highest BCUT2D eigenvalue weighted by molar-refractivity contribution is 6.33. The van der Waals surface area contributed by atoms with Crippen LogP contribution in [0.2, 0.25) is 5.02 Å². The van der Waals surface area contributed by atoms with Crippen LogP contribution >= 0.6 is 11.6 Å². The first-order valence-electron chi connectivity index (χ1n) is 8.63. The van der Waals surface area contributed by atoms with Crippen LogP contribution in [0.3, 0.4) is 0 Å². The van der Waals surface area contributed by atoms with Crippen molar-refractivity contribution in [1.29, 1.82) is 0 Å². The number of benzene rings is 1. The molecule has 142 valence electrons. The Balaban J connectivity index is 1.74. The first-order chi connectivity index (χ1) is 12.2. The van der Waals surface area contributed by atoms with Gasteiger partial charge in [-0.05, 0) is 38.5 Å². The second-order valence-electron chi connectivity index (χ2n) is 7.50. The molecular weight excluding hydrogens is 361 g/mol. The third kappa shape index (κ3) is 3.84. The van der Waals surface area contributed by atoms with E-state index >= 15 is 0 Å². The van der Waals surface area contributed by atoms with Crippen molar-refractivity contribution in [3.63, 3.8) is 0 Å². The van der Waals surface area contributed by atoms with Crippen molar-refractivity contribution in [3.8, 4) is 0 Å². The first kappa shape index (κ1) is 19.1. The SMILES string of the molecule is CC1(C)CN(c2cc(F)ccc2Cl)C(=O)CN1C[C@H](N)[C@@H]1CCC(=O)O1. The van der Waals surface area contributed by atoms with Crippen LogP contribution in [-0.4, -0.2) is 54.1 Å². The lowest BCUT2D eigenvalue weighted by Crippen LogP contribution is -2.64. The fraction of sp³-hybridized carbons (Fsp3) is 0.556. The maximum atomic E-state index is 13.6. The molecule has 2 aliphatic rings. The van der Waals surface area contributed by atoms with Crippen LogP contribution in [0, 0.1) is 5.82 Å². The minimum Gasteiger partial charge on any atom is -0.461 e. The number of nitrogens with two attached hydrogens (primary N) is 1. The molecule has 1 amide bonds. The number of ether oxygens (including phenoxy) is 1. The van der Waals surface area contributed by atoms with Crippen molar-refractivity contribution in [2.24, 2.45) is 5.73 Å². The van der Waals surface area contributed by atoms with E-state index in [0.717, 1.165) is 0 Å². The maximum Gasteiger partial charge on any atom is 0.306 e. The summed E-state index contributed by atoms with van der Waals surface area (Å²) in [5.74, 6) is -0.846. The number of nitrogens with zero attached hydrogens (tertiary/aromatic N) is 2. The third-order valence-electron chi connectivity index (χ3n) is 5.05. The molecule has 0 radical (unpaired) electrons. The molecule has 0 bridgehead atoms.